The van der Waals surface area contributed by atoms with Gasteiger partial charge in [-0.25, -0.2) is 0 Å². The highest BCUT2D eigenvalue weighted by atomic mass is 16.3. The number of rotatable bonds is 0. The van der Waals surface area contributed by atoms with Crippen LogP contribution in [-0.4, -0.2) is 5.11 Å². The molecule has 0 fully saturated rings. The Kier molecular flexibility index (Phi) is 2.31. The van der Waals surface area contributed by atoms with Gasteiger partial charge in [-0.3, -0.25) is 4.79 Å². The van der Waals surface area contributed by atoms with Crippen LogP contribution in [0.25, 0.3) is 17.0 Å². The summed E-state index contributed by atoms with van der Waals surface area (Å²) in [5.74, 6) is 0.355. The van der Waals surface area contributed by atoms with Gasteiger partial charge in [0.15, 0.2) is 5.43 Å². The second-order valence-electron chi connectivity index (χ2n) is 5.79. The SMILES string of the molecule is CC12C=CC=C(O)C1c1c(oc3ccccc3c1=O)C=C2. The van der Waals surface area contributed by atoms with E-state index in [0.717, 1.165) is 0 Å². The molecule has 4 rings (SSSR count). The zero-order chi connectivity index (χ0) is 14.6. The highest BCUT2D eigenvalue weighted by molar-refractivity contribution is 5.79. The standard InChI is InChI=1S/C18H14O3/c1-18-9-4-6-12(19)16(18)15-14(8-10-18)21-13-7-3-2-5-11(13)17(15)20/h2-10,16,19H,1H3. The second-order valence-corrected chi connectivity index (χ2v) is 5.79. The Morgan fingerprint density at radius 1 is 1.24 bits per heavy atom. The fourth-order valence-corrected chi connectivity index (χ4v) is 3.30. The highest BCUT2D eigenvalue weighted by Gasteiger charge is 2.41. The molecule has 1 aromatic carbocycles. The van der Waals surface area contributed by atoms with Gasteiger partial charge in [-0.05, 0) is 24.3 Å². The van der Waals surface area contributed by atoms with E-state index in [1.165, 1.54) is 0 Å². The van der Waals surface area contributed by atoms with E-state index in [0.29, 0.717) is 22.3 Å². The summed E-state index contributed by atoms with van der Waals surface area (Å²) in [5, 5.41) is 10.9. The third-order valence-electron chi connectivity index (χ3n) is 4.38. The summed E-state index contributed by atoms with van der Waals surface area (Å²) >= 11 is 0. The number of aliphatic hydroxyl groups excluding tert-OH is 1. The van der Waals surface area contributed by atoms with E-state index < -0.39 is 5.41 Å². The lowest BCUT2D eigenvalue weighted by Crippen LogP contribution is -2.32. The number of fused-ring (bicyclic) bond motifs is 4. The van der Waals surface area contributed by atoms with Crippen molar-refractivity contribution in [2.24, 2.45) is 5.41 Å². The third-order valence-corrected chi connectivity index (χ3v) is 4.38. The van der Waals surface area contributed by atoms with Crippen LogP contribution in [-0.2, 0) is 0 Å². The lowest BCUT2D eigenvalue weighted by Gasteiger charge is -2.37. The summed E-state index contributed by atoms with van der Waals surface area (Å²) in [7, 11) is 0. The van der Waals surface area contributed by atoms with Gasteiger partial charge in [0.05, 0.1) is 16.9 Å². The number of para-hydroxylation sites is 1. The normalized spacial score (nSPS) is 26.3. The molecule has 3 heteroatoms. The largest absolute Gasteiger partial charge is 0.512 e. The Balaban J connectivity index is 2.11. The van der Waals surface area contributed by atoms with Gasteiger partial charge in [0, 0.05) is 5.41 Å². The van der Waals surface area contributed by atoms with Crippen LogP contribution < -0.4 is 5.43 Å². The van der Waals surface area contributed by atoms with E-state index in [9.17, 15) is 9.90 Å². The molecule has 0 saturated carbocycles. The van der Waals surface area contributed by atoms with E-state index in [4.69, 9.17) is 4.42 Å². The molecule has 0 bridgehead atoms. The van der Waals surface area contributed by atoms with Crippen molar-refractivity contribution in [1.82, 2.24) is 0 Å². The zero-order valence-electron chi connectivity index (χ0n) is 11.5. The Hall–Kier alpha value is -2.55. The maximum atomic E-state index is 12.9. The van der Waals surface area contributed by atoms with Crippen LogP contribution in [0.1, 0.15) is 24.2 Å². The van der Waals surface area contributed by atoms with E-state index >= 15 is 0 Å². The lowest BCUT2D eigenvalue weighted by molar-refractivity contribution is 0.298. The van der Waals surface area contributed by atoms with Crippen LogP contribution >= 0.6 is 0 Å². The fraction of sp³-hybridized carbons (Fsp3) is 0.167. The van der Waals surface area contributed by atoms with Crippen molar-refractivity contribution in [3.8, 4) is 0 Å². The highest BCUT2D eigenvalue weighted by Crippen LogP contribution is 2.48. The third kappa shape index (κ3) is 1.57. The summed E-state index contributed by atoms with van der Waals surface area (Å²) in [6.07, 6.45) is 9.29. The van der Waals surface area contributed by atoms with Crippen LogP contribution in [0.3, 0.4) is 0 Å². The van der Waals surface area contributed by atoms with E-state index in [1.54, 1.807) is 18.2 Å². The number of benzene rings is 1. The predicted octanol–water partition coefficient (Wildman–Crippen LogP) is 3.92. The molecule has 1 aromatic heterocycles. The van der Waals surface area contributed by atoms with Crippen LogP contribution in [0.15, 0.2) is 63.5 Å². The molecule has 2 unspecified atom stereocenters. The number of hydrogen-bond acceptors (Lipinski definition) is 3. The average Bonchev–Trinajstić information content (AvgIpc) is 2.47. The van der Waals surface area contributed by atoms with Crippen LogP contribution in [0.2, 0.25) is 0 Å². The van der Waals surface area contributed by atoms with Crippen molar-refractivity contribution in [2.45, 2.75) is 12.8 Å². The number of hydrogen-bond donors (Lipinski definition) is 1. The topological polar surface area (TPSA) is 50.4 Å². The van der Waals surface area contributed by atoms with Gasteiger partial charge in [-0.1, -0.05) is 37.3 Å². The summed E-state index contributed by atoms with van der Waals surface area (Å²) in [4.78, 5) is 12.9. The van der Waals surface area contributed by atoms with Gasteiger partial charge in [-0.2, -0.15) is 0 Å². The van der Waals surface area contributed by atoms with Crippen LogP contribution in [0.5, 0.6) is 0 Å². The zero-order valence-corrected chi connectivity index (χ0v) is 11.5. The molecule has 21 heavy (non-hydrogen) atoms. The Morgan fingerprint density at radius 2 is 2.05 bits per heavy atom. The first kappa shape index (κ1) is 12.2. The lowest BCUT2D eigenvalue weighted by atomic mass is 9.67. The molecule has 0 radical (unpaired) electrons. The van der Waals surface area contributed by atoms with Crippen molar-refractivity contribution < 1.29 is 9.52 Å². The minimum Gasteiger partial charge on any atom is -0.512 e. The Bertz CT molecular complexity index is 898. The van der Waals surface area contributed by atoms with Gasteiger partial charge in [0.1, 0.15) is 17.1 Å². The summed E-state index contributed by atoms with van der Waals surface area (Å²) in [6, 6.07) is 7.21. The summed E-state index contributed by atoms with van der Waals surface area (Å²) < 4.78 is 5.86. The number of allylic oxidation sites excluding steroid dienone is 5. The molecule has 0 saturated heterocycles. The summed E-state index contributed by atoms with van der Waals surface area (Å²) in [6.45, 7) is 2.01. The van der Waals surface area contributed by atoms with Gasteiger partial charge >= 0.3 is 0 Å². The molecule has 1 heterocycles. The van der Waals surface area contributed by atoms with E-state index in [2.05, 4.69) is 0 Å². The molecule has 2 atom stereocenters. The van der Waals surface area contributed by atoms with Crippen molar-refractivity contribution in [3.05, 3.63) is 75.9 Å². The first-order valence-corrected chi connectivity index (χ1v) is 6.93. The minimum absolute atomic E-state index is 0.0670. The van der Waals surface area contributed by atoms with Gasteiger partial charge in [0.25, 0.3) is 0 Å². The maximum Gasteiger partial charge on any atom is 0.197 e. The molecule has 104 valence electrons. The van der Waals surface area contributed by atoms with Gasteiger partial charge < -0.3 is 9.52 Å². The quantitative estimate of drug-likeness (QED) is 0.794. The molecule has 0 amide bonds. The molecular weight excluding hydrogens is 264 g/mol. The minimum atomic E-state index is -0.400. The molecule has 0 spiro atoms. The second kappa shape index (κ2) is 3.98. The van der Waals surface area contributed by atoms with Crippen LogP contribution in [0.4, 0.5) is 0 Å². The molecule has 1 N–H and O–H groups in total. The molecule has 0 aliphatic heterocycles. The van der Waals surface area contributed by atoms with Crippen molar-refractivity contribution in [3.63, 3.8) is 0 Å². The van der Waals surface area contributed by atoms with E-state index in [-0.39, 0.29) is 17.1 Å². The van der Waals surface area contributed by atoms with Crippen molar-refractivity contribution in [2.75, 3.05) is 0 Å². The first-order valence-electron chi connectivity index (χ1n) is 6.93. The first-order chi connectivity index (χ1) is 10.1. The molecular formula is C18H14O3. The predicted molar refractivity (Wildman–Crippen MR) is 82.2 cm³/mol. The monoisotopic (exact) mass is 278 g/mol. The van der Waals surface area contributed by atoms with Crippen LogP contribution in [0, 0.1) is 5.41 Å². The molecule has 2 aromatic rings. The molecule has 2 aliphatic rings. The fourth-order valence-electron chi connectivity index (χ4n) is 3.30. The maximum absolute atomic E-state index is 12.9. The smallest absolute Gasteiger partial charge is 0.197 e. The Labute approximate surface area is 121 Å². The molecule has 3 nitrogen and oxygen atoms in total. The van der Waals surface area contributed by atoms with Gasteiger partial charge in [0.2, 0.25) is 0 Å². The number of aliphatic hydroxyl groups is 1. The van der Waals surface area contributed by atoms with Crippen molar-refractivity contribution >= 4 is 17.0 Å². The van der Waals surface area contributed by atoms with Gasteiger partial charge in [-0.15, -0.1) is 0 Å². The average molecular weight is 278 g/mol. The Morgan fingerprint density at radius 3 is 2.90 bits per heavy atom. The molecule has 2 aliphatic carbocycles. The van der Waals surface area contributed by atoms with Crippen molar-refractivity contribution in [1.29, 1.82) is 0 Å². The van der Waals surface area contributed by atoms with E-state index in [1.807, 2.05) is 43.4 Å². The summed E-state index contributed by atoms with van der Waals surface area (Å²) in [5.41, 5.74) is 0.645.